The molecule has 0 saturated heterocycles. The third-order valence-corrected chi connectivity index (χ3v) is 1.93. The van der Waals surface area contributed by atoms with Gasteiger partial charge in [-0.3, -0.25) is 6.58 Å². The van der Waals surface area contributed by atoms with Gasteiger partial charge in [0.2, 0.25) is 0 Å². The summed E-state index contributed by atoms with van der Waals surface area (Å²) in [5.41, 5.74) is 0. The Morgan fingerprint density at radius 1 is 1.38 bits per heavy atom. The van der Waals surface area contributed by atoms with Gasteiger partial charge in [-0.2, -0.15) is 0 Å². The van der Waals surface area contributed by atoms with Crippen molar-refractivity contribution in [1.29, 1.82) is 0 Å². The van der Waals surface area contributed by atoms with Crippen molar-refractivity contribution in [3.8, 4) is 0 Å². The fourth-order valence-electron chi connectivity index (χ4n) is 1.17. The Bertz CT molecular complexity index is 163. The zero-order valence-electron chi connectivity index (χ0n) is 10.3. The second kappa shape index (κ2) is 17.9. The summed E-state index contributed by atoms with van der Waals surface area (Å²) in [5.74, 6) is 0. The molecule has 2 nitrogen and oxygen atoms in total. The van der Waals surface area contributed by atoms with Gasteiger partial charge in [-0.25, -0.2) is 12.2 Å². The van der Waals surface area contributed by atoms with E-state index in [1.807, 2.05) is 12.2 Å². The SMILES string of the molecule is [CH-]=C/C=C/C(CCCCC)OCOC.[Zn+][Br]. The molecule has 0 heterocycles. The molecule has 0 bridgehead atoms. The number of unbranched alkanes of at least 4 members (excludes halogenated alkanes) is 2. The van der Waals surface area contributed by atoms with Crippen LogP contribution in [0.1, 0.15) is 32.6 Å². The van der Waals surface area contributed by atoms with Crippen molar-refractivity contribution in [2.24, 2.45) is 0 Å². The Morgan fingerprint density at radius 3 is 2.56 bits per heavy atom. The van der Waals surface area contributed by atoms with E-state index in [2.05, 4.69) is 20.5 Å². The minimum absolute atomic E-state index is 0.126. The third kappa shape index (κ3) is 14.5. The fourth-order valence-corrected chi connectivity index (χ4v) is 1.17. The van der Waals surface area contributed by atoms with Crippen LogP contribution >= 0.6 is 13.6 Å². The summed E-state index contributed by atoms with van der Waals surface area (Å²) >= 11 is 4.25. The third-order valence-electron chi connectivity index (χ3n) is 1.93. The molecular weight excluding hydrogens is 321 g/mol. The quantitative estimate of drug-likeness (QED) is 0.208. The van der Waals surface area contributed by atoms with Gasteiger partial charge in [-0.15, -0.1) is 6.08 Å². The van der Waals surface area contributed by atoms with Crippen LogP contribution in [0.3, 0.4) is 0 Å². The number of allylic oxidation sites excluding steroid dienone is 2. The van der Waals surface area contributed by atoms with Crippen molar-refractivity contribution < 1.29 is 25.8 Å². The summed E-state index contributed by atoms with van der Waals surface area (Å²) < 4.78 is 10.3. The number of methoxy groups -OCH3 is 1. The van der Waals surface area contributed by atoms with Crippen molar-refractivity contribution in [3.63, 3.8) is 0 Å². The summed E-state index contributed by atoms with van der Waals surface area (Å²) in [5, 5.41) is 0. The van der Waals surface area contributed by atoms with Crippen LogP contribution in [0.15, 0.2) is 18.2 Å². The van der Waals surface area contributed by atoms with Crippen LogP contribution in [0, 0.1) is 6.58 Å². The molecule has 0 aliphatic heterocycles. The molecule has 0 aromatic carbocycles. The number of ether oxygens (including phenoxy) is 2. The topological polar surface area (TPSA) is 18.5 Å². The molecule has 0 fully saturated rings. The average molecular weight is 343 g/mol. The summed E-state index contributed by atoms with van der Waals surface area (Å²) in [4.78, 5) is 0. The van der Waals surface area contributed by atoms with Crippen molar-refractivity contribution in [3.05, 3.63) is 24.8 Å². The van der Waals surface area contributed by atoms with Crippen LogP contribution in [-0.2, 0) is 25.8 Å². The molecule has 0 N–H and O–H groups in total. The van der Waals surface area contributed by atoms with E-state index in [-0.39, 0.29) is 6.10 Å². The second-order valence-corrected chi connectivity index (χ2v) is 3.18. The molecule has 0 amide bonds. The van der Waals surface area contributed by atoms with Gasteiger partial charge in [0, 0.05) is 7.11 Å². The predicted molar refractivity (Wildman–Crippen MR) is 67.8 cm³/mol. The molecule has 0 aliphatic carbocycles. The molecule has 16 heavy (non-hydrogen) atoms. The molecule has 0 saturated carbocycles. The molecule has 0 spiro atoms. The second-order valence-electron chi connectivity index (χ2n) is 3.18. The first-order valence-electron chi connectivity index (χ1n) is 5.44. The molecule has 1 unspecified atom stereocenters. The van der Waals surface area contributed by atoms with Crippen LogP contribution < -0.4 is 0 Å². The van der Waals surface area contributed by atoms with Gasteiger partial charge in [0.25, 0.3) is 0 Å². The van der Waals surface area contributed by atoms with Gasteiger partial charge in [0.1, 0.15) is 6.79 Å². The van der Waals surface area contributed by atoms with Gasteiger partial charge < -0.3 is 9.47 Å². The Balaban J connectivity index is 0. The van der Waals surface area contributed by atoms with E-state index in [1.54, 1.807) is 7.11 Å². The van der Waals surface area contributed by atoms with Crippen LogP contribution in [0.5, 0.6) is 0 Å². The van der Waals surface area contributed by atoms with Gasteiger partial charge in [-0.05, 0) is 6.42 Å². The van der Waals surface area contributed by atoms with E-state index in [0.29, 0.717) is 6.79 Å². The first-order chi connectivity index (χ1) is 7.85. The predicted octanol–water partition coefficient (Wildman–Crippen LogP) is 3.94. The van der Waals surface area contributed by atoms with Gasteiger partial charge in [0.05, 0.1) is 6.10 Å². The van der Waals surface area contributed by atoms with Crippen molar-refractivity contribution in [2.75, 3.05) is 13.9 Å². The van der Waals surface area contributed by atoms with Crippen molar-refractivity contribution >= 4 is 13.6 Å². The Labute approximate surface area is 117 Å². The van der Waals surface area contributed by atoms with E-state index in [1.165, 1.54) is 41.7 Å². The van der Waals surface area contributed by atoms with E-state index in [0.717, 1.165) is 6.42 Å². The van der Waals surface area contributed by atoms with Crippen LogP contribution in [-0.4, -0.2) is 20.0 Å². The van der Waals surface area contributed by atoms with Gasteiger partial charge >= 0.3 is 30.0 Å². The first kappa shape index (κ1) is 18.9. The average Bonchev–Trinajstić information content (AvgIpc) is 2.34. The molecule has 0 aromatic rings. The van der Waals surface area contributed by atoms with E-state index >= 15 is 0 Å². The molecule has 4 heteroatoms. The molecule has 0 aromatic heterocycles. The monoisotopic (exact) mass is 340 g/mol. The normalized spacial score (nSPS) is 12.1. The van der Waals surface area contributed by atoms with Crippen LogP contribution in [0.25, 0.3) is 0 Å². The minimum atomic E-state index is 0.126. The molecular formula is C12H21BrO2Zn. The zero-order chi connectivity index (χ0) is 12.6. The molecule has 90 valence electrons. The van der Waals surface area contributed by atoms with Crippen molar-refractivity contribution in [1.82, 2.24) is 0 Å². The number of rotatable bonds is 9. The van der Waals surface area contributed by atoms with Gasteiger partial charge in [-0.1, -0.05) is 26.2 Å². The maximum atomic E-state index is 5.46. The maximum absolute atomic E-state index is 5.46. The molecule has 0 radical (unpaired) electrons. The molecule has 0 aliphatic rings. The van der Waals surface area contributed by atoms with E-state index < -0.39 is 0 Å². The Morgan fingerprint density at radius 2 is 2.06 bits per heavy atom. The Hall–Kier alpha value is 0.503. The number of hydrogen-bond acceptors (Lipinski definition) is 2. The fraction of sp³-hybridized carbons (Fsp3) is 0.667. The zero-order valence-corrected chi connectivity index (χ0v) is 14.9. The van der Waals surface area contributed by atoms with Gasteiger partial charge in [0.15, 0.2) is 0 Å². The summed E-state index contributed by atoms with van der Waals surface area (Å²) in [6.45, 7) is 7.79. The Kier molecular flexibility index (Phi) is 21.1. The summed E-state index contributed by atoms with van der Waals surface area (Å²) in [6.07, 6.45) is 10.1. The number of hydrogen-bond donors (Lipinski definition) is 0. The first-order valence-corrected chi connectivity index (χ1v) is 12.4. The van der Waals surface area contributed by atoms with E-state index in [9.17, 15) is 0 Å². The summed E-state index contributed by atoms with van der Waals surface area (Å²) in [6, 6.07) is 0. The van der Waals surface area contributed by atoms with Crippen LogP contribution in [0.4, 0.5) is 0 Å². The standard InChI is InChI=1S/C12H21O2.BrH.Zn/c1-4-6-8-10-12(9-7-5-2)14-11-13-3;;/h2,5,7,9,12H,4,6,8,10-11H2,1,3H3;1H;/q-1;;+2/p-1/b9-7+;;. The van der Waals surface area contributed by atoms with Crippen LogP contribution in [0.2, 0.25) is 0 Å². The van der Waals surface area contributed by atoms with Crippen molar-refractivity contribution in [2.45, 2.75) is 38.7 Å². The molecule has 1 atom stereocenters. The molecule has 0 rings (SSSR count). The van der Waals surface area contributed by atoms with E-state index in [4.69, 9.17) is 16.1 Å². The summed E-state index contributed by atoms with van der Waals surface area (Å²) in [7, 11) is 1.63. The number of halogens is 1.